The van der Waals surface area contributed by atoms with E-state index in [0.717, 1.165) is 17.1 Å². The molecule has 0 saturated heterocycles. The molecule has 1 nitrogen and oxygen atoms in total. The number of rotatable bonds is 6. The summed E-state index contributed by atoms with van der Waals surface area (Å²) in [5.74, 6) is 0. The van der Waals surface area contributed by atoms with Crippen LogP contribution in [0.5, 0.6) is 0 Å². The van der Waals surface area contributed by atoms with Gasteiger partial charge in [0.1, 0.15) is 0 Å². The molecule has 9 aromatic carbocycles. The van der Waals surface area contributed by atoms with Gasteiger partial charge in [-0.05, 0) is 98.8 Å². The quantitative estimate of drug-likeness (QED) is 0.164. The van der Waals surface area contributed by atoms with Crippen LogP contribution in [0, 0.1) is 0 Å². The zero-order chi connectivity index (χ0) is 36.3. The normalized spacial score (nSPS) is 11.6. The smallest absolute Gasteiger partial charge is 0.0467 e. The van der Waals surface area contributed by atoms with E-state index in [4.69, 9.17) is 0 Å². The van der Waals surface area contributed by atoms with E-state index in [1.807, 2.05) is 22.7 Å². The van der Waals surface area contributed by atoms with E-state index in [2.05, 4.69) is 205 Å². The molecule has 258 valence electrons. The summed E-state index contributed by atoms with van der Waals surface area (Å²) < 4.78 is 5.30. The number of hydrogen-bond acceptors (Lipinski definition) is 3. The van der Waals surface area contributed by atoms with E-state index in [1.54, 1.807) is 0 Å². The Morgan fingerprint density at radius 1 is 0.291 bits per heavy atom. The lowest BCUT2D eigenvalue weighted by Crippen LogP contribution is -2.10. The highest BCUT2D eigenvalue weighted by molar-refractivity contribution is 7.26. The summed E-state index contributed by atoms with van der Waals surface area (Å²) in [6.45, 7) is 0. The first-order chi connectivity index (χ1) is 27.2. The van der Waals surface area contributed by atoms with E-state index in [0.29, 0.717) is 0 Å². The molecule has 0 atom stereocenters. The van der Waals surface area contributed by atoms with E-state index in [1.165, 1.54) is 84.5 Å². The summed E-state index contributed by atoms with van der Waals surface area (Å²) in [4.78, 5) is 2.39. The molecule has 0 N–H and O–H groups in total. The molecular formula is C52H33NS2. The third kappa shape index (κ3) is 5.51. The predicted octanol–water partition coefficient (Wildman–Crippen LogP) is 16.0. The minimum absolute atomic E-state index is 1.11. The van der Waals surface area contributed by atoms with Crippen LogP contribution in [-0.2, 0) is 0 Å². The lowest BCUT2D eigenvalue weighted by molar-refractivity contribution is 1.28. The Balaban J connectivity index is 1.02. The maximum absolute atomic E-state index is 2.39. The van der Waals surface area contributed by atoms with Crippen molar-refractivity contribution < 1.29 is 0 Å². The van der Waals surface area contributed by atoms with Crippen molar-refractivity contribution >= 4 is 90.9 Å². The first-order valence-electron chi connectivity index (χ1n) is 18.7. The maximum atomic E-state index is 2.39. The van der Waals surface area contributed by atoms with Gasteiger partial charge in [0.25, 0.3) is 0 Å². The molecule has 3 heteroatoms. The van der Waals surface area contributed by atoms with Gasteiger partial charge in [-0.3, -0.25) is 0 Å². The van der Waals surface area contributed by atoms with Gasteiger partial charge < -0.3 is 4.90 Å². The average molecular weight is 736 g/mol. The largest absolute Gasteiger partial charge is 0.310 e. The Kier molecular flexibility index (Phi) is 7.61. The zero-order valence-corrected chi connectivity index (χ0v) is 31.4. The van der Waals surface area contributed by atoms with Crippen LogP contribution in [0.15, 0.2) is 200 Å². The summed E-state index contributed by atoms with van der Waals surface area (Å²) in [6.07, 6.45) is 0. The molecule has 0 fully saturated rings. The van der Waals surface area contributed by atoms with Crippen LogP contribution in [0.4, 0.5) is 17.1 Å². The summed E-state index contributed by atoms with van der Waals surface area (Å²) in [5, 5.41) is 7.81. The van der Waals surface area contributed by atoms with Gasteiger partial charge in [0, 0.05) is 57.4 Å². The Bertz CT molecular complexity index is 3200. The predicted molar refractivity (Wildman–Crippen MR) is 241 cm³/mol. The number of thiophene rings is 2. The minimum Gasteiger partial charge on any atom is -0.310 e. The molecule has 0 saturated carbocycles. The fourth-order valence-corrected chi connectivity index (χ4v) is 10.6. The SMILES string of the molecule is c1cc(-c2cccc3c2sc2ccccc23)cc(N(c2ccc(-c3ccc4c(c3)sc3ccccc34)cc2)c2ccc(-c3cccc4ccccc34)cc2)c1. The first-order valence-corrected chi connectivity index (χ1v) is 20.3. The van der Waals surface area contributed by atoms with Crippen molar-refractivity contribution in [3.8, 4) is 33.4 Å². The lowest BCUT2D eigenvalue weighted by Gasteiger charge is -2.26. The molecule has 0 radical (unpaired) electrons. The number of nitrogens with zero attached hydrogens (tertiary/aromatic N) is 1. The molecule has 2 heterocycles. The van der Waals surface area contributed by atoms with Crippen LogP contribution >= 0.6 is 22.7 Å². The van der Waals surface area contributed by atoms with Gasteiger partial charge in [0.05, 0.1) is 0 Å². The molecule has 0 aliphatic carbocycles. The number of benzene rings is 9. The first kappa shape index (κ1) is 32.0. The molecule has 11 aromatic rings. The molecule has 0 bridgehead atoms. The second kappa shape index (κ2) is 13.1. The van der Waals surface area contributed by atoms with Gasteiger partial charge in [-0.25, -0.2) is 0 Å². The standard InChI is InChI=1S/C52H33NS2/c1-2-14-42-35(10-1)11-8-17-43(42)36-24-29-40(30-25-36)53(39-27-22-34(23-28-39)37-26-31-47-45-15-3-5-20-49(45)54-51(47)33-37)41-13-7-12-38(32-41)44-18-9-19-48-46-16-4-6-21-50(46)55-52(44)48/h1-33H. The van der Waals surface area contributed by atoms with Crippen molar-refractivity contribution in [1.82, 2.24) is 0 Å². The Labute approximate surface area is 327 Å². The number of anilines is 3. The van der Waals surface area contributed by atoms with Gasteiger partial charge in [-0.2, -0.15) is 0 Å². The van der Waals surface area contributed by atoms with Crippen LogP contribution < -0.4 is 4.90 Å². The number of hydrogen-bond donors (Lipinski definition) is 0. The third-order valence-corrected chi connectivity index (χ3v) is 13.2. The van der Waals surface area contributed by atoms with Crippen molar-refractivity contribution in [1.29, 1.82) is 0 Å². The summed E-state index contributed by atoms with van der Waals surface area (Å²) in [6, 6.07) is 73.4. The topological polar surface area (TPSA) is 3.24 Å². The van der Waals surface area contributed by atoms with Crippen LogP contribution in [0.25, 0.3) is 84.5 Å². The Morgan fingerprint density at radius 3 is 1.65 bits per heavy atom. The fraction of sp³-hybridized carbons (Fsp3) is 0. The molecule has 11 rings (SSSR count). The van der Waals surface area contributed by atoms with Gasteiger partial charge >= 0.3 is 0 Å². The summed E-state index contributed by atoms with van der Waals surface area (Å²) in [5.41, 5.74) is 10.7. The van der Waals surface area contributed by atoms with Crippen molar-refractivity contribution in [3.63, 3.8) is 0 Å². The van der Waals surface area contributed by atoms with Crippen molar-refractivity contribution in [3.05, 3.63) is 200 Å². The van der Waals surface area contributed by atoms with Crippen LogP contribution in [-0.4, -0.2) is 0 Å². The minimum atomic E-state index is 1.11. The third-order valence-electron chi connectivity index (χ3n) is 10.9. The highest BCUT2D eigenvalue weighted by Crippen LogP contribution is 2.43. The van der Waals surface area contributed by atoms with Crippen molar-refractivity contribution in [2.45, 2.75) is 0 Å². The van der Waals surface area contributed by atoms with Gasteiger partial charge in [-0.1, -0.05) is 146 Å². The molecule has 0 aliphatic heterocycles. The second-order valence-electron chi connectivity index (χ2n) is 14.1. The second-order valence-corrected chi connectivity index (χ2v) is 16.2. The highest BCUT2D eigenvalue weighted by Gasteiger charge is 2.17. The summed E-state index contributed by atoms with van der Waals surface area (Å²) >= 11 is 3.75. The molecule has 0 spiro atoms. The number of fused-ring (bicyclic) bond motifs is 7. The van der Waals surface area contributed by atoms with Gasteiger partial charge in [0.15, 0.2) is 0 Å². The maximum Gasteiger partial charge on any atom is 0.0467 e. The Morgan fingerprint density at radius 2 is 0.855 bits per heavy atom. The summed E-state index contributed by atoms with van der Waals surface area (Å²) in [7, 11) is 0. The highest BCUT2D eigenvalue weighted by atomic mass is 32.1. The van der Waals surface area contributed by atoms with Gasteiger partial charge in [0.2, 0.25) is 0 Å². The average Bonchev–Trinajstić information content (AvgIpc) is 3.82. The van der Waals surface area contributed by atoms with Crippen LogP contribution in [0.1, 0.15) is 0 Å². The van der Waals surface area contributed by atoms with Gasteiger partial charge in [-0.15, -0.1) is 22.7 Å². The Hall–Kier alpha value is -6.52. The molecule has 0 unspecified atom stereocenters. The van der Waals surface area contributed by atoms with E-state index in [-0.39, 0.29) is 0 Å². The molecule has 2 aromatic heterocycles. The molecular weight excluding hydrogens is 703 g/mol. The van der Waals surface area contributed by atoms with Crippen molar-refractivity contribution in [2.24, 2.45) is 0 Å². The van der Waals surface area contributed by atoms with E-state index in [9.17, 15) is 0 Å². The van der Waals surface area contributed by atoms with E-state index >= 15 is 0 Å². The zero-order valence-electron chi connectivity index (χ0n) is 29.8. The molecule has 0 aliphatic rings. The van der Waals surface area contributed by atoms with Crippen molar-refractivity contribution in [2.75, 3.05) is 4.90 Å². The molecule has 0 amide bonds. The monoisotopic (exact) mass is 735 g/mol. The molecule has 55 heavy (non-hydrogen) atoms. The lowest BCUT2D eigenvalue weighted by atomic mass is 9.98. The fourth-order valence-electron chi connectivity index (χ4n) is 8.21. The van der Waals surface area contributed by atoms with E-state index < -0.39 is 0 Å². The van der Waals surface area contributed by atoms with Crippen LogP contribution in [0.2, 0.25) is 0 Å². The van der Waals surface area contributed by atoms with Crippen LogP contribution in [0.3, 0.4) is 0 Å².